The number of carbonyl (C=O) groups is 1. The van der Waals surface area contributed by atoms with E-state index in [4.69, 9.17) is 9.47 Å². The van der Waals surface area contributed by atoms with E-state index in [-0.39, 0.29) is 11.7 Å². The van der Waals surface area contributed by atoms with Crippen LogP contribution < -0.4 is 0 Å². The van der Waals surface area contributed by atoms with Gasteiger partial charge in [0.05, 0.1) is 33.7 Å². The molecule has 0 spiro atoms. The van der Waals surface area contributed by atoms with Gasteiger partial charge >= 0.3 is 5.97 Å². The van der Waals surface area contributed by atoms with Gasteiger partial charge in [-0.25, -0.2) is 4.79 Å². The Balaban J connectivity index is 1.28. The zero-order valence-corrected chi connectivity index (χ0v) is 14.1. The third kappa shape index (κ3) is 1.80. The summed E-state index contributed by atoms with van der Waals surface area (Å²) in [6.45, 7) is 0. The largest absolute Gasteiger partial charge is 0.458 e. The molecule has 9 nitrogen and oxygen atoms in total. The van der Waals surface area contributed by atoms with Gasteiger partial charge in [0.1, 0.15) is 6.10 Å². The number of carbonyl (C=O) groups excluding carboxylic acids is 1. The van der Waals surface area contributed by atoms with Crippen LogP contribution in [0.1, 0.15) is 23.2 Å². The fourth-order valence-corrected chi connectivity index (χ4v) is 7.08. The van der Waals surface area contributed by atoms with Crippen molar-refractivity contribution in [2.24, 2.45) is 35.5 Å². The molecule has 6 fully saturated rings. The van der Waals surface area contributed by atoms with Crippen LogP contribution in [0, 0.1) is 55.7 Å². The quantitative estimate of drug-likeness (QED) is 0.451. The lowest BCUT2D eigenvalue weighted by atomic mass is 9.52. The Bertz CT molecular complexity index is 883. The second kappa shape index (κ2) is 4.83. The van der Waals surface area contributed by atoms with Gasteiger partial charge in [-0.05, 0) is 42.4 Å². The summed E-state index contributed by atoms with van der Waals surface area (Å²) in [4.78, 5) is 33.2. The Morgan fingerprint density at radius 1 is 0.926 bits per heavy atom. The molecule has 6 aliphatic rings. The van der Waals surface area contributed by atoms with Crippen molar-refractivity contribution in [3.05, 3.63) is 44.0 Å². The fourth-order valence-electron chi connectivity index (χ4n) is 7.08. The first kappa shape index (κ1) is 15.5. The summed E-state index contributed by atoms with van der Waals surface area (Å²) in [6, 6.07) is 2.93. The van der Waals surface area contributed by atoms with Crippen LogP contribution in [0.15, 0.2) is 18.2 Å². The summed E-state index contributed by atoms with van der Waals surface area (Å²) < 4.78 is 11.9. The third-order valence-electron chi connectivity index (χ3n) is 7.64. The minimum absolute atomic E-state index is 0.143. The van der Waals surface area contributed by atoms with Gasteiger partial charge in [-0.2, -0.15) is 0 Å². The summed E-state index contributed by atoms with van der Waals surface area (Å²) in [5.74, 6) is 2.20. The summed E-state index contributed by atoms with van der Waals surface area (Å²) in [6.07, 6.45) is 2.40. The second-order valence-corrected chi connectivity index (χ2v) is 8.46. The molecule has 0 aromatic heterocycles. The number of ether oxygens (including phenoxy) is 2. The first-order valence-corrected chi connectivity index (χ1v) is 9.24. The lowest BCUT2D eigenvalue weighted by Gasteiger charge is -2.53. The van der Waals surface area contributed by atoms with Crippen LogP contribution in [-0.4, -0.2) is 34.1 Å². The number of hydrogen-bond acceptors (Lipinski definition) is 7. The maximum absolute atomic E-state index is 12.7. The van der Waals surface area contributed by atoms with E-state index in [9.17, 15) is 25.0 Å². The number of esters is 1. The standard InChI is InChI=1S/C18H16N2O7/c21-18(6-1-7(19(22)23)3-8(2-6)20(24)25)26-12-5-11-13-9-4-10-15(14(9)12)17(11)27-16(10)13/h1-3,9-17H,4-5H2/t9?,10?,11?,12-,13?,14?,15?,16?,17-/m1/s1. The van der Waals surface area contributed by atoms with Crippen molar-refractivity contribution in [3.8, 4) is 0 Å². The van der Waals surface area contributed by atoms with Crippen LogP contribution in [0.3, 0.4) is 0 Å². The van der Waals surface area contributed by atoms with Gasteiger partial charge in [-0.15, -0.1) is 0 Å². The molecule has 2 aliphatic heterocycles. The smallest absolute Gasteiger partial charge is 0.338 e. The van der Waals surface area contributed by atoms with Crippen molar-refractivity contribution < 1.29 is 24.1 Å². The zero-order valence-electron chi connectivity index (χ0n) is 14.1. The minimum atomic E-state index is -0.745. The molecule has 0 N–H and O–H groups in total. The SMILES string of the molecule is O=C(O[C@@H]1CC2C3C4CC5C3O[C@H]2C5C41)c1cc([N+](=O)[O-])cc([N+](=O)[O-])c1. The van der Waals surface area contributed by atoms with Crippen LogP contribution in [0.25, 0.3) is 0 Å². The van der Waals surface area contributed by atoms with E-state index in [0.717, 1.165) is 31.0 Å². The average Bonchev–Trinajstić information content (AvgIpc) is 3.34. The first-order valence-electron chi connectivity index (χ1n) is 9.24. The molecule has 9 heteroatoms. The van der Waals surface area contributed by atoms with Gasteiger partial charge in [0, 0.05) is 18.1 Å². The van der Waals surface area contributed by atoms with Crippen molar-refractivity contribution in [1.82, 2.24) is 0 Å². The topological polar surface area (TPSA) is 122 Å². The Kier molecular flexibility index (Phi) is 2.78. The molecule has 1 aromatic carbocycles. The number of nitro benzene ring substituents is 2. The number of hydrogen-bond donors (Lipinski definition) is 0. The van der Waals surface area contributed by atoms with E-state index in [2.05, 4.69) is 0 Å². The van der Waals surface area contributed by atoms with E-state index >= 15 is 0 Å². The van der Waals surface area contributed by atoms with E-state index < -0.39 is 27.2 Å². The van der Waals surface area contributed by atoms with Gasteiger partial charge in [-0.3, -0.25) is 20.2 Å². The molecular weight excluding hydrogens is 356 g/mol. The third-order valence-corrected chi connectivity index (χ3v) is 7.64. The molecule has 7 rings (SSSR count). The molecule has 4 saturated carbocycles. The normalized spacial score (nSPS) is 44.2. The van der Waals surface area contributed by atoms with Crippen molar-refractivity contribution >= 4 is 17.3 Å². The molecule has 2 saturated heterocycles. The second-order valence-electron chi connectivity index (χ2n) is 8.46. The lowest BCUT2D eigenvalue weighted by Crippen LogP contribution is -2.57. The minimum Gasteiger partial charge on any atom is -0.458 e. The van der Waals surface area contributed by atoms with E-state index in [1.165, 1.54) is 0 Å². The number of benzene rings is 1. The van der Waals surface area contributed by atoms with E-state index in [0.29, 0.717) is 47.7 Å². The van der Waals surface area contributed by atoms with Crippen molar-refractivity contribution in [2.75, 3.05) is 0 Å². The highest BCUT2D eigenvalue weighted by Crippen LogP contribution is 2.75. The highest BCUT2D eigenvalue weighted by atomic mass is 16.6. The maximum atomic E-state index is 12.7. The van der Waals surface area contributed by atoms with Gasteiger partial charge < -0.3 is 9.47 Å². The Hall–Kier alpha value is -2.55. The number of fused-ring (bicyclic) bond motifs is 1. The van der Waals surface area contributed by atoms with Gasteiger partial charge in [0.2, 0.25) is 0 Å². The maximum Gasteiger partial charge on any atom is 0.338 e. The lowest BCUT2D eigenvalue weighted by molar-refractivity contribution is -0.394. The van der Waals surface area contributed by atoms with Crippen LogP contribution in [0.5, 0.6) is 0 Å². The molecule has 6 bridgehead atoms. The molecule has 7 unspecified atom stereocenters. The van der Waals surface area contributed by atoms with Gasteiger partial charge in [0.25, 0.3) is 11.4 Å². The summed E-state index contributed by atoms with van der Waals surface area (Å²) in [5, 5.41) is 22.1. The molecular formula is C18H16N2O7. The fraction of sp³-hybridized carbons (Fsp3) is 0.611. The summed E-state index contributed by atoms with van der Waals surface area (Å²) >= 11 is 0. The first-order chi connectivity index (χ1) is 12.9. The van der Waals surface area contributed by atoms with Crippen molar-refractivity contribution in [1.29, 1.82) is 0 Å². The molecule has 4 aliphatic carbocycles. The van der Waals surface area contributed by atoms with Crippen molar-refractivity contribution in [2.45, 2.75) is 31.2 Å². The summed E-state index contributed by atoms with van der Waals surface area (Å²) in [7, 11) is 0. The number of non-ortho nitro benzene ring substituents is 2. The molecule has 140 valence electrons. The van der Waals surface area contributed by atoms with Gasteiger partial charge in [0.15, 0.2) is 0 Å². The van der Waals surface area contributed by atoms with Crippen LogP contribution in [-0.2, 0) is 9.47 Å². The van der Waals surface area contributed by atoms with Crippen molar-refractivity contribution in [3.63, 3.8) is 0 Å². The van der Waals surface area contributed by atoms with Crippen LogP contribution in [0.4, 0.5) is 11.4 Å². The monoisotopic (exact) mass is 372 g/mol. The van der Waals surface area contributed by atoms with Crippen LogP contribution in [0.2, 0.25) is 0 Å². The predicted octanol–water partition coefficient (Wildman–Crippen LogP) is 2.33. The zero-order chi connectivity index (χ0) is 18.6. The highest BCUT2D eigenvalue weighted by Gasteiger charge is 2.78. The van der Waals surface area contributed by atoms with Crippen LogP contribution >= 0.6 is 0 Å². The Morgan fingerprint density at radius 3 is 2.22 bits per heavy atom. The van der Waals surface area contributed by atoms with Gasteiger partial charge in [-0.1, -0.05) is 0 Å². The molecule has 0 radical (unpaired) electrons. The van der Waals surface area contributed by atoms with E-state index in [1.807, 2.05) is 0 Å². The number of nitrogens with zero attached hydrogens (tertiary/aromatic N) is 2. The Morgan fingerprint density at radius 2 is 1.56 bits per heavy atom. The Labute approximate surface area is 152 Å². The molecule has 27 heavy (non-hydrogen) atoms. The number of rotatable bonds is 4. The van der Waals surface area contributed by atoms with E-state index in [1.54, 1.807) is 0 Å². The number of nitro groups is 2. The average molecular weight is 372 g/mol. The highest BCUT2D eigenvalue weighted by molar-refractivity contribution is 5.91. The molecule has 1 aromatic rings. The summed E-state index contributed by atoms with van der Waals surface area (Å²) in [5.41, 5.74) is -1.12. The molecule has 2 heterocycles. The predicted molar refractivity (Wildman–Crippen MR) is 87.8 cm³/mol. The molecule has 9 atom stereocenters. The molecule has 0 amide bonds.